The number of carbonyl (C=O) groups excluding carboxylic acids is 1. The number of amides is 1. The van der Waals surface area contributed by atoms with Gasteiger partial charge in [-0.2, -0.15) is 13.2 Å². The van der Waals surface area contributed by atoms with E-state index in [9.17, 15) is 23.1 Å². The molecule has 8 heteroatoms. The number of benzene rings is 2. The summed E-state index contributed by atoms with van der Waals surface area (Å²) in [5.41, 5.74) is 0.675. The van der Waals surface area contributed by atoms with Gasteiger partial charge in [-0.25, -0.2) is 4.98 Å². The summed E-state index contributed by atoms with van der Waals surface area (Å²) in [5, 5.41) is 9.60. The fourth-order valence-electron chi connectivity index (χ4n) is 3.99. The Balaban J connectivity index is 1.34. The molecule has 0 aliphatic carbocycles. The van der Waals surface area contributed by atoms with Gasteiger partial charge in [-0.3, -0.25) is 4.79 Å². The first-order valence-electron chi connectivity index (χ1n) is 10.7. The molecule has 2 heterocycles. The summed E-state index contributed by atoms with van der Waals surface area (Å²) >= 11 is 0. The van der Waals surface area contributed by atoms with Crippen molar-refractivity contribution in [1.82, 2.24) is 9.88 Å². The number of aromatic hydroxyl groups is 1. The van der Waals surface area contributed by atoms with Crippen LogP contribution in [0, 0.1) is 5.92 Å². The third kappa shape index (κ3) is 5.83. The number of piperidine rings is 1. The van der Waals surface area contributed by atoms with Crippen LogP contribution in [-0.2, 0) is 12.6 Å². The number of pyridine rings is 1. The molecular formula is C25H23F3N2O3. The molecular weight excluding hydrogens is 433 g/mol. The van der Waals surface area contributed by atoms with Crippen LogP contribution in [-0.4, -0.2) is 34.0 Å². The number of halogens is 3. The Labute approximate surface area is 189 Å². The fraction of sp³-hybridized carbons (Fsp3) is 0.280. The summed E-state index contributed by atoms with van der Waals surface area (Å²) in [5.74, 6) is 0.670. The molecule has 0 unspecified atom stereocenters. The van der Waals surface area contributed by atoms with E-state index in [1.165, 1.54) is 12.1 Å². The first-order valence-corrected chi connectivity index (χ1v) is 10.7. The molecule has 4 rings (SSSR count). The van der Waals surface area contributed by atoms with Crippen molar-refractivity contribution in [2.24, 2.45) is 5.92 Å². The van der Waals surface area contributed by atoms with Crippen LogP contribution in [0.15, 0.2) is 66.9 Å². The SMILES string of the molecule is O=C(c1cccc(O)c1)N1CCC(Cc2cccc(Oc3cc(C(F)(F)F)ccn3)c2)CC1. The van der Waals surface area contributed by atoms with Crippen molar-refractivity contribution < 1.29 is 27.8 Å². The topological polar surface area (TPSA) is 62.7 Å². The molecule has 1 amide bonds. The molecule has 0 spiro atoms. The van der Waals surface area contributed by atoms with Gasteiger partial charge in [-0.1, -0.05) is 18.2 Å². The number of rotatable bonds is 5. The quantitative estimate of drug-likeness (QED) is 0.536. The summed E-state index contributed by atoms with van der Waals surface area (Å²) < 4.78 is 44.3. The Bertz CT molecular complexity index is 1130. The number of nitrogens with zero attached hydrogens (tertiary/aromatic N) is 2. The van der Waals surface area contributed by atoms with Crippen LogP contribution in [0.3, 0.4) is 0 Å². The average molecular weight is 456 g/mol. The van der Waals surface area contributed by atoms with Crippen LogP contribution in [0.1, 0.15) is 34.3 Å². The number of phenolic OH excluding ortho intramolecular Hbond substituents is 1. The van der Waals surface area contributed by atoms with Gasteiger partial charge in [0.25, 0.3) is 5.91 Å². The van der Waals surface area contributed by atoms with Gasteiger partial charge in [-0.05, 0) is 67.1 Å². The predicted octanol–water partition coefficient (Wildman–Crippen LogP) is 5.69. The van der Waals surface area contributed by atoms with Crippen LogP contribution in [0.25, 0.3) is 0 Å². The van der Waals surface area contributed by atoms with Crippen molar-refractivity contribution in [2.45, 2.75) is 25.4 Å². The Hall–Kier alpha value is -3.55. The van der Waals surface area contributed by atoms with Crippen molar-refractivity contribution in [2.75, 3.05) is 13.1 Å². The van der Waals surface area contributed by atoms with E-state index in [0.717, 1.165) is 43.2 Å². The van der Waals surface area contributed by atoms with E-state index < -0.39 is 11.7 Å². The molecule has 1 aliphatic rings. The predicted molar refractivity (Wildman–Crippen MR) is 116 cm³/mol. The zero-order valence-corrected chi connectivity index (χ0v) is 17.8. The van der Waals surface area contributed by atoms with Gasteiger partial charge in [0.1, 0.15) is 11.5 Å². The normalized spacial score (nSPS) is 14.8. The number of likely N-dealkylation sites (tertiary alicyclic amines) is 1. The van der Waals surface area contributed by atoms with E-state index in [4.69, 9.17) is 4.74 Å². The van der Waals surface area contributed by atoms with Gasteiger partial charge in [0.05, 0.1) is 5.56 Å². The maximum Gasteiger partial charge on any atom is 0.416 e. The molecule has 0 saturated carbocycles. The van der Waals surface area contributed by atoms with Gasteiger partial charge in [0, 0.05) is 30.9 Å². The second kappa shape index (κ2) is 9.52. The molecule has 0 atom stereocenters. The highest BCUT2D eigenvalue weighted by Crippen LogP contribution is 2.32. The average Bonchev–Trinajstić information content (AvgIpc) is 2.79. The summed E-state index contributed by atoms with van der Waals surface area (Å²) in [6.07, 6.45) is -0.926. The van der Waals surface area contributed by atoms with E-state index in [-0.39, 0.29) is 17.5 Å². The molecule has 1 saturated heterocycles. The van der Waals surface area contributed by atoms with E-state index in [1.807, 2.05) is 12.1 Å². The Morgan fingerprint density at radius 1 is 1.06 bits per heavy atom. The van der Waals surface area contributed by atoms with Crippen LogP contribution in [0.5, 0.6) is 17.4 Å². The van der Waals surface area contributed by atoms with Gasteiger partial charge in [-0.15, -0.1) is 0 Å². The zero-order chi connectivity index (χ0) is 23.4. The number of hydrogen-bond acceptors (Lipinski definition) is 4. The molecule has 1 N–H and O–H groups in total. The smallest absolute Gasteiger partial charge is 0.416 e. The van der Waals surface area contributed by atoms with E-state index in [0.29, 0.717) is 30.3 Å². The third-order valence-electron chi connectivity index (χ3n) is 5.70. The zero-order valence-electron chi connectivity index (χ0n) is 17.8. The molecule has 0 bridgehead atoms. The number of carbonyl (C=O) groups is 1. The van der Waals surface area contributed by atoms with Crippen molar-refractivity contribution in [3.8, 4) is 17.4 Å². The van der Waals surface area contributed by atoms with Crippen molar-refractivity contribution in [1.29, 1.82) is 0 Å². The minimum absolute atomic E-state index is 0.0677. The summed E-state index contributed by atoms with van der Waals surface area (Å²) in [6.45, 7) is 1.26. The van der Waals surface area contributed by atoms with Gasteiger partial charge in [0.15, 0.2) is 0 Å². The second-order valence-corrected chi connectivity index (χ2v) is 8.12. The lowest BCUT2D eigenvalue weighted by molar-refractivity contribution is -0.137. The van der Waals surface area contributed by atoms with Gasteiger partial charge >= 0.3 is 6.18 Å². The van der Waals surface area contributed by atoms with Crippen LogP contribution in [0.2, 0.25) is 0 Å². The van der Waals surface area contributed by atoms with Crippen molar-refractivity contribution >= 4 is 5.91 Å². The molecule has 33 heavy (non-hydrogen) atoms. The Morgan fingerprint density at radius 3 is 2.55 bits per heavy atom. The van der Waals surface area contributed by atoms with Crippen LogP contribution < -0.4 is 4.74 Å². The molecule has 172 valence electrons. The molecule has 1 fully saturated rings. The van der Waals surface area contributed by atoms with Crippen molar-refractivity contribution in [3.63, 3.8) is 0 Å². The largest absolute Gasteiger partial charge is 0.508 e. The number of ether oxygens (including phenoxy) is 1. The lowest BCUT2D eigenvalue weighted by Gasteiger charge is -2.32. The molecule has 3 aromatic rings. The maximum atomic E-state index is 12.9. The standard InChI is InChI=1S/C25H23F3N2O3/c26-25(27,28)20-7-10-29-23(16-20)33-22-6-1-3-18(14-22)13-17-8-11-30(12-9-17)24(32)19-4-2-5-21(31)15-19/h1-7,10,14-17,31H,8-9,11-13H2. The van der Waals surface area contributed by atoms with Crippen molar-refractivity contribution in [3.05, 3.63) is 83.6 Å². The highest BCUT2D eigenvalue weighted by molar-refractivity contribution is 5.94. The van der Waals surface area contributed by atoms with Gasteiger partial charge in [0.2, 0.25) is 5.88 Å². The van der Waals surface area contributed by atoms with Crippen LogP contribution in [0.4, 0.5) is 13.2 Å². The first kappa shape index (κ1) is 22.6. The van der Waals surface area contributed by atoms with Crippen LogP contribution >= 0.6 is 0 Å². The number of alkyl halides is 3. The number of hydrogen-bond donors (Lipinski definition) is 1. The number of phenols is 1. The fourth-order valence-corrected chi connectivity index (χ4v) is 3.99. The molecule has 1 aromatic heterocycles. The third-order valence-corrected chi connectivity index (χ3v) is 5.70. The Kier molecular flexibility index (Phi) is 6.53. The summed E-state index contributed by atoms with van der Waals surface area (Å²) in [6, 6.07) is 15.4. The van der Waals surface area contributed by atoms with Gasteiger partial charge < -0.3 is 14.7 Å². The lowest BCUT2D eigenvalue weighted by Crippen LogP contribution is -2.38. The number of aromatic nitrogens is 1. The van der Waals surface area contributed by atoms with E-state index in [1.54, 1.807) is 29.2 Å². The molecule has 0 radical (unpaired) electrons. The highest BCUT2D eigenvalue weighted by Gasteiger charge is 2.31. The minimum Gasteiger partial charge on any atom is -0.508 e. The summed E-state index contributed by atoms with van der Waals surface area (Å²) in [4.78, 5) is 18.3. The Morgan fingerprint density at radius 2 is 1.82 bits per heavy atom. The highest BCUT2D eigenvalue weighted by atomic mass is 19.4. The maximum absolute atomic E-state index is 12.9. The van der Waals surface area contributed by atoms with E-state index >= 15 is 0 Å². The second-order valence-electron chi connectivity index (χ2n) is 8.12. The first-order chi connectivity index (χ1) is 15.8. The summed E-state index contributed by atoms with van der Waals surface area (Å²) in [7, 11) is 0. The minimum atomic E-state index is -4.46. The monoisotopic (exact) mass is 456 g/mol. The molecule has 1 aliphatic heterocycles. The molecule has 2 aromatic carbocycles. The van der Waals surface area contributed by atoms with E-state index in [2.05, 4.69) is 4.98 Å². The lowest BCUT2D eigenvalue weighted by atomic mass is 9.90. The molecule has 5 nitrogen and oxygen atoms in total.